The van der Waals surface area contributed by atoms with Crippen molar-refractivity contribution in [1.29, 1.82) is 0 Å². The van der Waals surface area contributed by atoms with Crippen LogP contribution in [0, 0.1) is 18.8 Å². The van der Waals surface area contributed by atoms with Gasteiger partial charge in [0.05, 0.1) is 24.7 Å². The third-order valence-electron chi connectivity index (χ3n) is 5.05. The number of carbonyl (C=O) groups is 1. The molecule has 0 spiro atoms. The first-order chi connectivity index (χ1) is 14.8. The van der Waals surface area contributed by atoms with Gasteiger partial charge < -0.3 is 14.5 Å². The number of aryl methyl sites for hydroxylation is 1. The van der Waals surface area contributed by atoms with Crippen molar-refractivity contribution >= 4 is 23.6 Å². The summed E-state index contributed by atoms with van der Waals surface area (Å²) in [6, 6.07) is 8.34. The van der Waals surface area contributed by atoms with Crippen molar-refractivity contribution in [1.82, 2.24) is 19.7 Å². The van der Waals surface area contributed by atoms with Gasteiger partial charge in [0, 0.05) is 26.2 Å². The van der Waals surface area contributed by atoms with Crippen molar-refractivity contribution < 1.29 is 9.53 Å². The van der Waals surface area contributed by atoms with E-state index in [1.165, 1.54) is 17.3 Å². The molecule has 3 rings (SSSR count). The van der Waals surface area contributed by atoms with Crippen LogP contribution in [0.1, 0.15) is 33.3 Å². The molecule has 0 saturated carbocycles. The highest BCUT2D eigenvalue weighted by Gasteiger charge is 2.23. The highest BCUT2D eigenvalue weighted by molar-refractivity contribution is 7.99. The number of aromatic nitrogens is 3. The molecule has 0 atom stereocenters. The first kappa shape index (κ1) is 23.6. The number of amides is 1. The molecule has 1 aromatic heterocycles. The number of morpholine rings is 1. The minimum Gasteiger partial charge on any atom is -0.378 e. The van der Waals surface area contributed by atoms with Crippen LogP contribution in [0.25, 0.3) is 5.69 Å². The molecule has 170 valence electrons. The van der Waals surface area contributed by atoms with Crippen LogP contribution in [0.15, 0.2) is 29.4 Å². The molecule has 2 heterocycles. The summed E-state index contributed by atoms with van der Waals surface area (Å²) in [6.45, 7) is 15.2. The summed E-state index contributed by atoms with van der Waals surface area (Å²) < 4.78 is 7.57. The maximum atomic E-state index is 13.0. The van der Waals surface area contributed by atoms with E-state index >= 15 is 0 Å². The van der Waals surface area contributed by atoms with Crippen LogP contribution in [0.2, 0.25) is 0 Å². The van der Waals surface area contributed by atoms with Gasteiger partial charge in [-0.05, 0) is 30.9 Å². The fourth-order valence-electron chi connectivity index (χ4n) is 3.62. The lowest BCUT2D eigenvalue weighted by Gasteiger charge is -2.28. The lowest BCUT2D eigenvalue weighted by molar-refractivity contribution is -0.129. The van der Waals surface area contributed by atoms with Crippen molar-refractivity contribution in [2.24, 2.45) is 11.8 Å². The van der Waals surface area contributed by atoms with Gasteiger partial charge in [-0.2, -0.15) is 0 Å². The smallest absolute Gasteiger partial charge is 0.233 e. The molecule has 0 N–H and O–H groups in total. The van der Waals surface area contributed by atoms with Crippen LogP contribution in [0.3, 0.4) is 0 Å². The molecule has 0 bridgehead atoms. The Hall–Kier alpha value is -2.06. The zero-order chi connectivity index (χ0) is 22.4. The number of rotatable bonds is 9. The Labute approximate surface area is 190 Å². The Kier molecular flexibility index (Phi) is 8.37. The summed E-state index contributed by atoms with van der Waals surface area (Å²) >= 11 is 1.46. The number of ether oxygens (including phenoxy) is 1. The second-order valence-electron chi connectivity index (χ2n) is 8.93. The summed E-state index contributed by atoms with van der Waals surface area (Å²) in [6.07, 6.45) is 0. The molecule has 1 fully saturated rings. The topological polar surface area (TPSA) is 63.5 Å². The molecule has 1 aromatic carbocycles. The second kappa shape index (κ2) is 11.0. The minimum atomic E-state index is 0.152. The number of nitrogens with zero attached hydrogens (tertiary/aromatic N) is 5. The zero-order valence-electron chi connectivity index (χ0n) is 19.4. The molecule has 8 heteroatoms. The van der Waals surface area contributed by atoms with Crippen LogP contribution >= 0.6 is 11.8 Å². The van der Waals surface area contributed by atoms with E-state index in [0.29, 0.717) is 30.8 Å². The SMILES string of the molecule is Cc1ccc(-n2c(SCC(=O)N(CC(C)C)CC(C)C)nnc2N2CCOCC2)cc1. The van der Waals surface area contributed by atoms with Gasteiger partial charge in [-0.3, -0.25) is 9.36 Å². The van der Waals surface area contributed by atoms with E-state index in [2.05, 4.69) is 78.5 Å². The number of benzene rings is 1. The molecule has 0 radical (unpaired) electrons. The molecule has 7 nitrogen and oxygen atoms in total. The van der Waals surface area contributed by atoms with Crippen molar-refractivity contribution in [2.75, 3.05) is 50.0 Å². The van der Waals surface area contributed by atoms with Crippen molar-refractivity contribution in [3.63, 3.8) is 0 Å². The first-order valence-corrected chi connectivity index (χ1v) is 12.1. The summed E-state index contributed by atoms with van der Waals surface area (Å²) in [5, 5.41) is 9.71. The van der Waals surface area contributed by atoms with Crippen LogP contribution in [0.4, 0.5) is 5.95 Å². The van der Waals surface area contributed by atoms with E-state index in [9.17, 15) is 4.79 Å². The number of anilines is 1. The Balaban J connectivity index is 1.82. The summed E-state index contributed by atoms with van der Waals surface area (Å²) in [4.78, 5) is 17.2. The molecule has 1 amide bonds. The van der Waals surface area contributed by atoms with Crippen LogP contribution in [0.5, 0.6) is 0 Å². The standard InChI is InChI=1S/C23H35N5O2S/c1-17(2)14-27(15-18(3)4)21(29)16-31-23-25-24-22(26-10-12-30-13-11-26)28(23)20-8-6-19(5)7-9-20/h6-9,17-18H,10-16H2,1-5H3. The molecule has 2 aromatic rings. The van der Waals surface area contributed by atoms with Gasteiger partial charge >= 0.3 is 0 Å². The third-order valence-corrected chi connectivity index (χ3v) is 5.96. The van der Waals surface area contributed by atoms with Crippen molar-refractivity contribution in [2.45, 2.75) is 39.8 Å². The first-order valence-electron chi connectivity index (χ1n) is 11.1. The summed E-state index contributed by atoms with van der Waals surface area (Å²) in [5.74, 6) is 2.20. The maximum absolute atomic E-state index is 13.0. The van der Waals surface area contributed by atoms with Crippen LogP contribution in [-0.2, 0) is 9.53 Å². The van der Waals surface area contributed by atoms with E-state index in [-0.39, 0.29) is 5.91 Å². The van der Waals surface area contributed by atoms with E-state index in [0.717, 1.165) is 43.0 Å². The van der Waals surface area contributed by atoms with E-state index in [1.807, 2.05) is 4.90 Å². The highest BCUT2D eigenvalue weighted by atomic mass is 32.2. The van der Waals surface area contributed by atoms with Crippen LogP contribution < -0.4 is 4.90 Å². The van der Waals surface area contributed by atoms with E-state index in [1.54, 1.807) is 0 Å². The Morgan fingerprint density at radius 2 is 1.68 bits per heavy atom. The van der Waals surface area contributed by atoms with Crippen molar-refractivity contribution in [3.05, 3.63) is 29.8 Å². The predicted octanol–water partition coefficient (Wildman–Crippen LogP) is 3.65. The average Bonchev–Trinajstić information content (AvgIpc) is 3.16. The molecule has 0 unspecified atom stereocenters. The largest absolute Gasteiger partial charge is 0.378 e. The van der Waals surface area contributed by atoms with Gasteiger partial charge in [0.1, 0.15) is 0 Å². The Bertz CT molecular complexity index is 834. The van der Waals surface area contributed by atoms with Crippen LogP contribution in [-0.4, -0.2) is 70.7 Å². The van der Waals surface area contributed by atoms with Gasteiger partial charge in [-0.25, -0.2) is 0 Å². The van der Waals surface area contributed by atoms with Gasteiger partial charge in [-0.15, -0.1) is 10.2 Å². The number of hydrogen-bond donors (Lipinski definition) is 0. The van der Waals surface area contributed by atoms with E-state index in [4.69, 9.17) is 4.74 Å². The Morgan fingerprint density at radius 1 is 1.06 bits per heavy atom. The van der Waals surface area contributed by atoms with Gasteiger partial charge in [-0.1, -0.05) is 57.2 Å². The zero-order valence-corrected chi connectivity index (χ0v) is 20.2. The quantitative estimate of drug-likeness (QED) is 0.549. The normalized spacial score (nSPS) is 14.5. The average molecular weight is 446 g/mol. The molecular weight excluding hydrogens is 410 g/mol. The third kappa shape index (κ3) is 6.46. The molecule has 31 heavy (non-hydrogen) atoms. The molecule has 0 aliphatic carbocycles. The summed E-state index contributed by atoms with van der Waals surface area (Å²) in [7, 11) is 0. The van der Waals surface area contributed by atoms with Gasteiger partial charge in [0.15, 0.2) is 5.16 Å². The summed E-state index contributed by atoms with van der Waals surface area (Å²) in [5.41, 5.74) is 2.21. The fraction of sp³-hybridized carbons (Fsp3) is 0.609. The molecule has 1 saturated heterocycles. The number of thioether (sulfide) groups is 1. The van der Waals surface area contributed by atoms with Crippen molar-refractivity contribution in [3.8, 4) is 5.69 Å². The maximum Gasteiger partial charge on any atom is 0.233 e. The van der Waals surface area contributed by atoms with E-state index < -0.39 is 0 Å². The predicted molar refractivity (Wildman–Crippen MR) is 126 cm³/mol. The highest BCUT2D eigenvalue weighted by Crippen LogP contribution is 2.27. The monoisotopic (exact) mass is 445 g/mol. The fourth-order valence-corrected chi connectivity index (χ4v) is 4.47. The Morgan fingerprint density at radius 3 is 2.26 bits per heavy atom. The molecule has 1 aliphatic heterocycles. The van der Waals surface area contributed by atoms with Gasteiger partial charge in [0.25, 0.3) is 0 Å². The lowest BCUT2D eigenvalue weighted by Crippen LogP contribution is -2.38. The number of hydrogen-bond acceptors (Lipinski definition) is 6. The minimum absolute atomic E-state index is 0.152. The van der Waals surface area contributed by atoms with Gasteiger partial charge in [0.2, 0.25) is 11.9 Å². The molecule has 1 aliphatic rings. The second-order valence-corrected chi connectivity index (χ2v) is 9.87. The molecular formula is C23H35N5O2S. The number of carbonyl (C=O) groups excluding carboxylic acids is 1. The lowest BCUT2D eigenvalue weighted by atomic mass is 10.1.